The van der Waals surface area contributed by atoms with Crippen molar-refractivity contribution in [2.75, 3.05) is 13.1 Å². The zero-order valence-corrected chi connectivity index (χ0v) is 16.5. The van der Waals surface area contributed by atoms with Gasteiger partial charge in [0.25, 0.3) is 0 Å². The molecule has 1 saturated heterocycles. The minimum atomic E-state index is 0.0901. The lowest BCUT2D eigenvalue weighted by atomic mass is 9.80. The summed E-state index contributed by atoms with van der Waals surface area (Å²) in [5.74, 6) is 2.94. The molecule has 0 unspecified atom stereocenters. The molecule has 3 heterocycles. The molecule has 2 aliphatic rings. The van der Waals surface area contributed by atoms with Gasteiger partial charge in [-0.3, -0.25) is 9.58 Å². The van der Waals surface area contributed by atoms with Crippen LogP contribution >= 0.6 is 0 Å². The van der Waals surface area contributed by atoms with Gasteiger partial charge in [-0.1, -0.05) is 25.4 Å². The molecule has 0 N–H and O–H groups in total. The molecule has 2 atom stereocenters. The lowest BCUT2D eigenvalue weighted by molar-refractivity contribution is 0.285. The molecular weight excluding hydrogens is 326 g/mol. The molecule has 6 nitrogen and oxygen atoms in total. The van der Waals surface area contributed by atoms with E-state index in [2.05, 4.69) is 49.0 Å². The van der Waals surface area contributed by atoms with Crippen LogP contribution in [0.1, 0.15) is 70.3 Å². The highest BCUT2D eigenvalue weighted by Gasteiger charge is 2.53. The third-order valence-electron chi connectivity index (χ3n) is 6.03. The van der Waals surface area contributed by atoms with Gasteiger partial charge in [0.2, 0.25) is 5.89 Å². The van der Waals surface area contributed by atoms with E-state index in [1.807, 2.05) is 10.9 Å². The van der Waals surface area contributed by atoms with Crippen molar-refractivity contribution in [3.8, 4) is 0 Å². The van der Waals surface area contributed by atoms with Crippen LogP contribution in [0.2, 0.25) is 0 Å². The van der Waals surface area contributed by atoms with Crippen molar-refractivity contribution in [1.82, 2.24) is 24.8 Å². The fraction of sp³-hybridized carbons (Fsp3) is 0.750. The van der Waals surface area contributed by atoms with Gasteiger partial charge in [-0.25, -0.2) is 0 Å². The minimum absolute atomic E-state index is 0.0901. The predicted molar refractivity (Wildman–Crippen MR) is 99.7 cm³/mol. The van der Waals surface area contributed by atoms with Crippen molar-refractivity contribution >= 4 is 0 Å². The van der Waals surface area contributed by atoms with Crippen LogP contribution in [0, 0.1) is 11.8 Å². The molecule has 2 aromatic heterocycles. The Morgan fingerprint density at radius 1 is 1.31 bits per heavy atom. The van der Waals surface area contributed by atoms with Crippen LogP contribution in [-0.4, -0.2) is 37.9 Å². The van der Waals surface area contributed by atoms with Gasteiger partial charge in [0.05, 0.1) is 11.6 Å². The normalized spacial score (nSPS) is 26.3. The van der Waals surface area contributed by atoms with Crippen molar-refractivity contribution in [3.05, 3.63) is 29.7 Å². The zero-order chi connectivity index (χ0) is 18.3. The first-order valence-corrected chi connectivity index (χ1v) is 10.0. The Bertz CT molecular complexity index is 749. The number of hydrogen-bond acceptors (Lipinski definition) is 5. The number of aromatic nitrogens is 4. The molecule has 2 fully saturated rings. The number of rotatable bonds is 6. The van der Waals surface area contributed by atoms with Gasteiger partial charge in [0, 0.05) is 43.9 Å². The molecule has 0 radical (unpaired) electrons. The molecule has 0 aromatic carbocycles. The summed E-state index contributed by atoms with van der Waals surface area (Å²) in [4.78, 5) is 7.37. The summed E-state index contributed by atoms with van der Waals surface area (Å²) in [6, 6.07) is 0.409. The smallest absolute Gasteiger partial charge is 0.226 e. The van der Waals surface area contributed by atoms with E-state index in [-0.39, 0.29) is 5.41 Å². The van der Waals surface area contributed by atoms with Gasteiger partial charge in [0.1, 0.15) is 0 Å². The van der Waals surface area contributed by atoms with Crippen molar-refractivity contribution < 1.29 is 4.52 Å². The molecule has 0 bridgehead atoms. The van der Waals surface area contributed by atoms with E-state index in [1.54, 1.807) is 0 Å². The van der Waals surface area contributed by atoms with E-state index in [9.17, 15) is 0 Å². The Labute approximate surface area is 156 Å². The number of hydrogen-bond donors (Lipinski definition) is 0. The standard InChI is InChI=1S/C20H31N5O/c1-14(2)8-18-22-19(23-26-18)20-7-5-6-17(20)12-24(13-20)10-16-9-21-25(11-16)15(3)4/h9,11,14-15,17H,5-8,10,12-13H2,1-4H3/t17-,20-/m1/s1. The monoisotopic (exact) mass is 357 g/mol. The second-order valence-corrected chi connectivity index (χ2v) is 8.95. The summed E-state index contributed by atoms with van der Waals surface area (Å²) in [7, 11) is 0. The number of fused-ring (bicyclic) bond motifs is 1. The van der Waals surface area contributed by atoms with Crippen molar-refractivity contribution in [3.63, 3.8) is 0 Å². The molecule has 6 heteroatoms. The Morgan fingerprint density at radius 2 is 2.15 bits per heavy atom. The highest BCUT2D eigenvalue weighted by Crippen LogP contribution is 2.49. The Balaban J connectivity index is 1.50. The second-order valence-electron chi connectivity index (χ2n) is 8.95. The van der Waals surface area contributed by atoms with Gasteiger partial charge in [0.15, 0.2) is 5.82 Å². The lowest BCUT2D eigenvalue weighted by Gasteiger charge is -2.24. The Kier molecular flexibility index (Phi) is 4.63. The van der Waals surface area contributed by atoms with Gasteiger partial charge in [-0.05, 0) is 38.5 Å². The van der Waals surface area contributed by atoms with Gasteiger partial charge < -0.3 is 4.52 Å². The highest BCUT2D eigenvalue weighted by atomic mass is 16.5. The maximum absolute atomic E-state index is 5.58. The molecule has 2 aromatic rings. The average molecular weight is 358 g/mol. The first kappa shape index (κ1) is 17.7. The van der Waals surface area contributed by atoms with Crippen molar-refractivity contribution in [2.45, 2.75) is 71.4 Å². The zero-order valence-electron chi connectivity index (χ0n) is 16.5. The fourth-order valence-corrected chi connectivity index (χ4v) is 4.77. The molecule has 1 aliphatic carbocycles. The van der Waals surface area contributed by atoms with E-state index in [4.69, 9.17) is 9.51 Å². The molecule has 4 rings (SSSR count). The summed E-state index contributed by atoms with van der Waals surface area (Å²) in [5, 5.41) is 8.91. The van der Waals surface area contributed by atoms with Gasteiger partial charge >= 0.3 is 0 Å². The van der Waals surface area contributed by atoms with Crippen LogP contribution in [-0.2, 0) is 18.4 Å². The highest BCUT2D eigenvalue weighted by molar-refractivity contribution is 5.19. The van der Waals surface area contributed by atoms with Crippen molar-refractivity contribution in [2.24, 2.45) is 11.8 Å². The number of likely N-dealkylation sites (tertiary alicyclic amines) is 1. The van der Waals surface area contributed by atoms with Gasteiger partial charge in [-0.2, -0.15) is 10.1 Å². The maximum atomic E-state index is 5.58. The Morgan fingerprint density at radius 3 is 2.88 bits per heavy atom. The van der Waals surface area contributed by atoms with Crippen LogP contribution in [0.5, 0.6) is 0 Å². The van der Waals surface area contributed by atoms with E-state index >= 15 is 0 Å². The predicted octanol–water partition coefficient (Wildman–Crippen LogP) is 3.60. The molecule has 0 spiro atoms. The first-order chi connectivity index (χ1) is 12.5. The fourth-order valence-electron chi connectivity index (χ4n) is 4.77. The molecule has 26 heavy (non-hydrogen) atoms. The Hall–Kier alpha value is -1.69. The van der Waals surface area contributed by atoms with Gasteiger partial charge in [-0.15, -0.1) is 0 Å². The summed E-state index contributed by atoms with van der Waals surface area (Å²) in [5.41, 5.74) is 1.38. The molecule has 1 aliphatic heterocycles. The maximum Gasteiger partial charge on any atom is 0.226 e. The van der Waals surface area contributed by atoms with Crippen LogP contribution in [0.25, 0.3) is 0 Å². The van der Waals surface area contributed by atoms with Crippen LogP contribution in [0.3, 0.4) is 0 Å². The quantitative estimate of drug-likeness (QED) is 0.790. The molecule has 0 amide bonds. The van der Waals surface area contributed by atoms with Crippen molar-refractivity contribution in [1.29, 1.82) is 0 Å². The third kappa shape index (κ3) is 3.20. The van der Waals surface area contributed by atoms with Crippen LogP contribution in [0.4, 0.5) is 0 Å². The summed E-state index contributed by atoms with van der Waals surface area (Å²) < 4.78 is 7.62. The van der Waals surface area contributed by atoms with Crippen LogP contribution in [0.15, 0.2) is 16.9 Å². The largest absolute Gasteiger partial charge is 0.339 e. The van der Waals surface area contributed by atoms with Crippen LogP contribution < -0.4 is 0 Å². The topological polar surface area (TPSA) is 60.0 Å². The number of nitrogens with zero attached hydrogens (tertiary/aromatic N) is 5. The minimum Gasteiger partial charge on any atom is -0.339 e. The molecule has 1 saturated carbocycles. The van der Waals surface area contributed by atoms with E-state index in [0.29, 0.717) is 17.9 Å². The lowest BCUT2D eigenvalue weighted by Crippen LogP contribution is -2.33. The summed E-state index contributed by atoms with van der Waals surface area (Å²) in [6.45, 7) is 11.8. The summed E-state index contributed by atoms with van der Waals surface area (Å²) >= 11 is 0. The third-order valence-corrected chi connectivity index (χ3v) is 6.03. The second kappa shape index (κ2) is 6.80. The molecular formula is C20H31N5O. The SMILES string of the molecule is CC(C)Cc1nc([C@@]23CCC[C@@H]2CN(Cc2cnn(C(C)C)c2)C3)no1. The summed E-state index contributed by atoms with van der Waals surface area (Å²) in [6.07, 6.45) is 8.79. The average Bonchev–Trinajstić information content (AvgIpc) is 3.29. The first-order valence-electron chi connectivity index (χ1n) is 10.0. The van der Waals surface area contributed by atoms with E-state index < -0.39 is 0 Å². The van der Waals surface area contributed by atoms with E-state index in [0.717, 1.165) is 37.8 Å². The molecule has 142 valence electrons. The van der Waals surface area contributed by atoms with E-state index in [1.165, 1.54) is 24.8 Å².